The summed E-state index contributed by atoms with van der Waals surface area (Å²) in [4.78, 5) is 0. The first-order valence-electron chi connectivity index (χ1n) is 12.2. The summed E-state index contributed by atoms with van der Waals surface area (Å²) in [5.41, 5.74) is 9.46. The van der Waals surface area contributed by atoms with Crippen LogP contribution in [0.2, 0.25) is 0 Å². The molecule has 0 bridgehead atoms. The molecule has 0 saturated heterocycles. The van der Waals surface area contributed by atoms with E-state index in [1.807, 2.05) is 0 Å². The molecule has 0 aromatic heterocycles. The number of alkyl halides is 1. The van der Waals surface area contributed by atoms with Crippen molar-refractivity contribution in [2.75, 3.05) is 0 Å². The molecule has 0 spiro atoms. The normalized spacial score (nSPS) is 11.6. The second-order valence-corrected chi connectivity index (χ2v) is 9.19. The van der Waals surface area contributed by atoms with Crippen molar-refractivity contribution in [2.45, 2.75) is 12.8 Å². The fraction of sp³-hybridized carbons (Fsp3) is 0.0588. The fourth-order valence-corrected chi connectivity index (χ4v) is 5.05. The maximum absolute atomic E-state index is 6.04. The van der Waals surface area contributed by atoms with Crippen LogP contribution in [0.4, 0.5) is 17.1 Å². The highest BCUT2D eigenvalue weighted by Gasteiger charge is 2.38. The number of hydrogen-bond donors (Lipinski definition) is 0. The Morgan fingerprint density at radius 2 is 1.17 bits per heavy atom. The van der Waals surface area contributed by atoms with Crippen LogP contribution >= 0.6 is 11.6 Å². The van der Waals surface area contributed by atoms with E-state index in [0.717, 1.165) is 11.1 Å². The van der Waals surface area contributed by atoms with Gasteiger partial charge in [-0.25, -0.2) is 0 Å². The van der Waals surface area contributed by atoms with Crippen LogP contribution in [0.15, 0.2) is 140 Å². The SMILES string of the molecule is Cc1cccc(-c2ccccc2)c1[N+](C=Cc1ccc(CCl)cc1)(c1ccccc1)c1ccccc1. The molecule has 0 heterocycles. The third-order valence-electron chi connectivity index (χ3n) is 6.63. The molecule has 0 aliphatic rings. The highest BCUT2D eigenvalue weighted by atomic mass is 35.5. The van der Waals surface area contributed by atoms with Crippen LogP contribution < -0.4 is 4.48 Å². The summed E-state index contributed by atoms with van der Waals surface area (Å²) in [6, 6.07) is 47.2. The lowest BCUT2D eigenvalue weighted by atomic mass is 9.96. The van der Waals surface area contributed by atoms with Gasteiger partial charge in [0.25, 0.3) is 0 Å². The molecule has 36 heavy (non-hydrogen) atoms. The van der Waals surface area contributed by atoms with Crippen molar-refractivity contribution in [3.05, 3.63) is 156 Å². The highest BCUT2D eigenvalue weighted by Crippen LogP contribution is 2.50. The van der Waals surface area contributed by atoms with Gasteiger partial charge in [0.05, 0.1) is 0 Å². The topological polar surface area (TPSA) is 0 Å². The molecule has 5 aromatic carbocycles. The zero-order valence-electron chi connectivity index (χ0n) is 20.4. The average molecular weight is 487 g/mol. The van der Waals surface area contributed by atoms with Gasteiger partial charge in [0.1, 0.15) is 17.6 Å². The Hall–Kier alpha value is -3.91. The van der Waals surface area contributed by atoms with Crippen LogP contribution in [0.5, 0.6) is 0 Å². The van der Waals surface area contributed by atoms with Crippen molar-refractivity contribution in [1.29, 1.82) is 0 Å². The summed E-state index contributed by atoms with van der Waals surface area (Å²) in [6.07, 6.45) is 4.54. The zero-order chi connectivity index (χ0) is 24.8. The quantitative estimate of drug-likeness (QED) is 0.158. The third kappa shape index (κ3) is 4.64. The van der Waals surface area contributed by atoms with Gasteiger partial charge in [-0.3, -0.25) is 0 Å². The molecular weight excluding hydrogens is 458 g/mol. The number of nitrogens with zero attached hydrogens (tertiary/aromatic N) is 1. The number of halogens is 1. The maximum Gasteiger partial charge on any atom is 0.158 e. The number of para-hydroxylation sites is 3. The maximum atomic E-state index is 6.04. The second-order valence-electron chi connectivity index (χ2n) is 8.92. The van der Waals surface area contributed by atoms with Crippen LogP contribution in [0.3, 0.4) is 0 Å². The van der Waals surface area contributed by atoms with Gasteiger partial charge >= 0.3 is 0 Å². The molecule has 0 unspecified atom stereocenters. The van der Waals surface area contributed by atoms with E-state index in [-0.39, 0.29) is 0 Å². The molecule has 0 amide bonds. The number of benzene rings is 5. The Morgan fingerprint density at radius 3 is 1.72 bits per heavy atom. The molecule has 5 rings (SSSR count). The smallest absolute Gasteiger partial charge is 0.158 e. The Morgan fingerprint density at radius 1 is 0.611 bits per heavy atom. The summed E-state index contributed by atoms with van der Waals surface area (Å²) < 4.78 is 0.454. The fourth-order valence-electron chi connectivity index (χ4n) is 4.87. The molecule has 5 aromatic rings. The lowest BCUT2D eigenvalue weighted by Crippen LogP contribution is -2.33. The first-order chi connectivity index (χ1) is 17.7. The van der Waals surface area contributed by atoms with Gasteiger partial charge in [-0.1, -0.05) is 103 Å². The lowest BCUT2D eigenvalue weighted by molar-refractivity contribution is 0.689. The first-order valence-corrected chi connectivity index (χ1v) is 12.8. The van der Waals surface area contributed by atoms with E-state index < -0.39 is 0 Å². The van der Waals surface area contributed by atoms with Gasteiger partial charge in [-0.2, -0.15) is 4.48 Å². The van der Waals surface area contributed by atoms with Gasteiger partial charge in [0.2, 0.25) is 0 Å². The van der Waals surface area contributed by atoms with Crippen LogP contribution in [0, 0.1) is 6.92 Å². The predicted octanol–water partition coefficient (Wildman–Crippen LogP) is 10.0. The van der Waals surface area contributed by atoms with E-state index in [0.29, 0.717) is 10.4 Å². The van der Waals surface area contributed by atoms with Crippen molar-refractivity contribution in [2.24, 2.45) is 0 Å². The van der Waals surface area contributed by atoms with E-state index in [1.165, 1.54) is 33.8 Å². The number of aryl methyl sites for hydroxylation is 1. The van der Waals surface area contributed by atoms with Crippen LogP contribution in [0.1, 0.15) is 16.7 Å². The largest absolute Gasteiger partial charge is 0.200 e. The van der Waals surface area contributed by atoms with Gasteiger partial charge in [0, 0.05) is 41.3 Å². The molecule has 0 aliphatic carbocycles. The standard InChI is InChI=1S/C34H29ClN/c1-27-12-11-19-33(30-13-5-2-6-14-30)34(27)36(31-15-7-3-8-16-31,32-17-9-4-10-18-32)25-24-28-20-22-29(26-35)23-21-28/h2-25H,26H2,1H3/q+1. The molecular formula is C34H29ClN+. The minimum absolute atomic E-state index is 0.454. The van der Waals surface area contributed by atoms with Gasteiger partial charge < -0.3 is 0 Å². The Bertz CT molecular complexity index is 1400. The van der Waals surface area contributed by atoms with Gasteiger partial charge in [0.15, 0.2) is 5.69 Å². The summed E-state index contributed by atoms with van der Waals surface area (Å²) in [5, 5.41) is 0. The molecule has 0 saturated carbocycles. The monoisotopic (exact) mass is 486 g/mol. The molecule has 2 heteroatoms. The van der Waals surface area contributed by atoms with E-state index >= 15 is 0 Å². The molecule has 1 nitrogen and oxygen atoms in total. The summed E-state index contributed by atoms with van der Waals surface area (Å²) in [7, 11) is 0. The van der Waals surface area contributed by atoms with Crippen molar-refractivity contribution in [1.82, 2.24) is 4.48 Å². The van der Waals surface area contributed by atoms with Crippen LogP contribution in [-0.4, -0.2) is 0 Å². The minimum Gasteiger partial charge on any atom is -0.200 e. The van der Waals surface area contributed by atoms with Gasteiger partial charge in [-0.15, -0.1) is 11.6 Å². The van der Waals surface area contributed by atoms with Crippen LogP contribution in [0.25, 0.3) is 17.2 Å². The third-order valence-corrected chi connectivity index (χ3v) is 6.94. The molecule has 0 aliphatic heterocycles. The molecule has 176 valence electrons. The highest BCUT2D eigenvalue weighted by molar-refractivity contribution is 6.17. The van der Waals surface area contributed by atoms with Crippen molar-refractivity contribution in [3.63, 3.8) is 0 Å². The summed E-state index contributed by atoms with van der Waals surface area (Å²) in [5.74, 6) is 0.516. The van der Waals surface area contributed by atoms with Crippen molar-refractivity contribution >= 4 is 34.7 Å². The zero-order valence-corrected chi connectivity index (χ0v) is 21.1. The van der Waals surface area contributed by atoms with Crippen LogP contribution in [-0.2, 0) is 5.88 Å². The Kier molecular flexibility index (Phi) is 7.13. The van der Waals surface area contributed by atoms with Crippen molar-refractivity contribution in [3.8, 4) is 11.1 Å². The molecule has 0 radical (unpaired) electrons. The number of rotatable bonds is 7. The Balaban J connectivity index is 1.85. The average Bonchev–Trinajstić information content (AvgIpc) is 2.96. The molecule has 0 N–H and O–H groups in total. The minimum atomic E-state index is 0.454. The molecule has 0 fully saturated rings. The summed E-state index contributed by atoms with van der Waals surface area (Å²) >= 11 is 6.04. The lowest BCUT2D eigenvalue weighted by Gasteiger charge is -2.36. The van der Waals surface area contributed by atoms with E-state index in [9.17, 15) is 0 Å². The summed E-state index contributed by atoms with van der Waals surface area (Å²) in [6.45, 7) is 2.21. The Labute approximate surface area is 219 Å². The first kappa shape index (κ1) is 23.8. The van der Waals surface area contributed by atoms with E-state index in [2.05, 4.69) is 153 Å². The van der Waals surface area contributed by atoms with E-state index in [1.54, 1.807) is 0 Å². The second kappa shape index (κ2) is 10.8. The number of quaternary nitrogens is 1. The molecule has 0 atom stereocenters. The van der Waals surface area contributed by atoms with Crippen molar-refractivity contribution < 1.29 is 0 Å². The predicted molar refractivity (Wildman–Crippen MR) is 156 cm³/mol. The van der Waals surface area contributed by atoms with E-state index in [4.69, 9.17) is 11.6 Å². The number of hydrogen-bond acceptors (Lipinski definition) is 0. The van der Waals surface area contributed by atoms with Gasteiger partial charge in [-0.05, 0) is 35.8 Å².